The zero-order chi connectivity index (χ0) is 21.9. The van der Waals surface area contributed by atoms with Crippen molar-refractivity contribution in [3.8, 4) is 11.5 Å². The average molecular weight is 549 g/mol. The Morgan fingerprint density at radius 3 is 2.52 bits per heavy atom. The third kappa shape index (κ3) is 8.35. The van der Waals surface area contributed by atoms with Crippen molar-refractivity contribution >= 4 is 35.8 Å². The fraction of sp³-hybridized carbons (Fsp3) is 0.429. The van der Waals surface area contributed by atoms with Crippen LogP contribution in [-0.2, 0) is 13.1 Å². The summed E-state index contributed by atoms with van der Waals surface area (Å²) in [6.07, 6.45) is 1.74. The number of nitrogens with zero attached hydrogens (tertiary/aromatic N) is 3. The van der Waals surface area contributed by atoms with Crippen LogP contribution >= 0.6 is 24.0 Å². The van der Waals surface area contributed by atoms with Crippen molar-refractivity contribution in [2.75, 3.05) is 32.1 Å². The summed E-state index contributed by atoms with van der Waals surface area (Å²) in [5, 5.41) is 6.41. The van der Waals surface area contributed by atoms with E-state index in [1.54, 1.807) is 31.3 Å². The van der Waals surface area contributed by atoms with Crippen molar-refractivity contribution in [2.45, 2.75) is 33.5 Å². The number of benzene rings is 1. The molecule has 10 heteroatoms. The summed E-state index contributed by atoms with van der Waals surface area (Å²) in [5.74, 6) is 1.69. The first-order valence-corrected chi connectivity index (χ1v) is 9.79. The van der Waals surface area contributed by atoms with Gasteiger partial charge in [0, 0.05) is 44.5 Å². The van der Waals surface area contributed by atoms with E-state index in [0.717, 1.165) is 11.4 Å². The van der Waals surface area contributed by atoms with Gasteiger partial charge in [0.05, 0.1) is 13.2 Å². The predicted octanol–water partition coefficient (Wildman–Crippen LogP) is 4.02. The molecule has 1 aromatic carbocycles. The van der Waals surface area contributed by atoms with Gasteiger partial charge in [-0.15, -0.1) is 24.0 Å². The molecule has 2 rings (SSSR count). The number of aromatic nitrogens is 1. The van der Waals surface area contributed by atoms with Gasteiger partial charge in [-0.25, -0.2) is 9.98 Å². The van der Waals surface area contributed by atoms with Crippen LogP contribution in [0, 0.1) is 0 Å². The summed E-state index contributed by atoms with van der Waals surface area (Å²) in [4.78, 5) is 10.8. The Hall–Kier alpha value is -2.37. The van der Waals surface area contributed by atoms with Gasteiger partial charge in [0.15, 0.2) is 17.5 Å². The minimum atomic E-state index is -2.95. The van der Waals surface area contributed by atoms with E-state index in [2.05, 4.69) is 20.6 Å². The highest BCUT2D eigenvalue weighted by atomic mass is 127. The van der Waals surface area contributed by atoms with Crippen molar-refractivity contribution < 1.29 is 18.3 Å². The minimum Gasteiger partial charge on any atom is -0.490 e. The van der Waals surface area contributed by atoms with Gasteiger partial charge < -0.3 is 25.0 Å². The number of hydrogen-bond donors (Lipinski definition) is 2. The lowest BCUT2D eigenvalue weighted by atomic mass is 10.2. The quantitative estimate of drug-likeness (QED) is 0.265. The van der Waals surface area contributed by atoms with Crippen molar-refractivity contribution in [1.82, 2.24) is 15.6 Å². The largest absolute Gasteiger partial charge is 0.490 e. The van der Waals surface area contributed by atoms with E-state index in [4.69, 9.17) is 9.47 Å². The average Bonchev–Trinajstić information content (AvgIpc) is 2.72. The normalized spacial score (nSPS) is 11.0. The minimum absolute atomic E-state index is 0. The number of halogens is 3. The molecule has 0 atom stereocenters. The molecule has 0 unspecified atom stereocenters. The third-order valence-electron chi connectivity index (χ3n) is 4.06. The monoisotopic (exact) mass is 549 g/mol. The van der Waals surface area contributed by atoms with Crippen LogP contribution in [0.1, 0.15) is 25.0 Å². The van der Waals surface area contributed by atoms with Crippen LogP contribution in [0.15, 0.2) is 41.5 Å². The Balaban J connectivity index is 0.00000480. The van der Waals surface area contributed by atoms with Crippen LogP contribution in [0.4, 0.5) is 14.6 Å². The Bertz CT molecular complexity index is 837. The van der Waals surface area contributed by atoms with E-state index in [1.165, 1.54) is 0 Å². The number of nitrogens with one attached hydrogen (secondary N) is 2. The lowest BCUT2D eigenvalue weighted by Crippen LogP contribution is -2.37. The summed E-state index contributed by atoms with van der Waals surface area (Å²) in [7, 11) is 3.86. The number of guanidine groups is 1. The second-order valence-electron chi connectivity index (χ2n) is 6.49. The molecule has 1 aromatic heterocycles. The van der Waals surface area contributed by atoms with E-state index >= 15 is 0 Å². The van der Waals surface area contributed by atoms with Crippen LogP contribution in [0.2, 0.25) is 0 Å². The Labute approximate surface area is 199 Å². The molecule has 7 nitrogen and oxygen atoms in total. The highest BCUT2D eigenvalue weighted by Crippen LogP contribution is 2.33. The Kier molecular flexibility index (Phi) is 11.9. The number of anilines is 1. The zero-order valence-electron chi connectivity index (χ0n) is 18.2. The molecule has 31 heavy (non-hydrogen) atoms. The number of rotatable bonds is 10. The van der Waals surface area contributed by atoms with Crippen molar-refractivity contribution in [3.05, 3.63) is 47.7 Å². The molecule has 0 saturated heterocycles. The SMILES string of the molecule is CCNC(=NCc1cccc(OCC)c1OC(F)F)NCc1cccnc1N(C)C.I. The van der Waals surface area contributed by atoms with Crippen LogP contribution in [0.3, 0.4) is 0 Å². The zero-order valence-corrected chi connectivity index (χ0v) is 20.5. The molecule has 172 valence electrons. The molecule has 0 aliphatic heterocycles. The second-order valence-corrected chi connectivity index (χ2v) is 6.49. The van der Waals surface area contributed by atoms with Gasteiger partial charge in [-0.1, -0.05) is 18.2 Å². The molecule has 0 radical (unpaired) electrons. The van der Waals surface area contributed by atoms with Crippen LogP contribution in [0.5, 0.6) is 11.5 Å². The van der Waals surface area contributed by atoms with Crippen molar-refractivity contribution in [3.63, 3.8) is 0 Å². The van der Waals surface area contributed by atoms with E-state index in [9.17, 15) is 8.78 Å². The molecular weight excluding hydrogens is 519 g/mol. The summed E-state index contributed by atoms with van der Waals surface area (Å²) in [6, 6.07) is 8.88. The maximum Gasteiger partial charge on any atom is 0.387 e. The van der Waals surface area contributed by atoms with E-state index < -0.39 is 6.61 Å². The van der Waals surface area contributed by atoms with Gasteiger partial charge in [-0.2, -0.15) is 8.78 Å². The Morgan fingerprint density at radius 1 is 1.13 bits per heavy atom. The third-order valence-corrected chi connectivity index (χ3v) is 4.06. The molecular formula is C21H30F2IN5O2. The van der Waals surface area contributed by atoms with Crippen LogP contribution < -0.4 is 25.0 Å². The predicted molar refractivity (Wildman–Crippen MR) is 130 cm³/mol. The van der Waals surface area contributed by atoms with Crippen LogP contribution in [0.25, 0.3) is 0 Å². The number of aliphatic imine (C=N–C) groups is 1. The lowest BCUT2D eigenvalue weighted by molar-refractivity contribution is -0.0520. The molecule has 0 bridgehead atoms. The first-order chi connectivity index (χ1) is 14.5. The molecule has 0 amide bonds. The number of ether oxygens (including phenoxy) is 2. The molecule has 0 spiro atoms. The first kappa shape index (κ1) is 26.7. The molecule has 0 aliphatic rings. The van der Waals surface area contributed by atoms with Gasteiger partial charge in [0.1, 0.15) is 5.82 Å². The summed E-state index contributed by atoms with van der Waals surface area (Å²) < 4.78 is 35.9. The van der Waals surface area contributed by atoms with E-state index in [0.29, 0.717) is 31.2 Å². The van der Waals surface area contributed by atoms with Gasteiger partial charge in [-0.05, 0) is 26.0 Å². The standard InChI is InChI=1S/C21H29F2N5O2.HI/c1-5-24-21(27-14-16-10-8-12-25-19(16)28(3)4)26-13-15-9-7-11-17(29-6-2)18(15)30-20(22)23;/h7-12,20H,5-6,13-14H2,1-4H3,(H2,24,26,27);1H. The Morgan fingerprint density at radius 2 is 1.87 bits per heavy atom. The van der Waals surface area contributed by atoms with E-state index in [1.807, 2.05) is 38.1 Å². The molecule has 0 saturated carbocycles. The number of para-hydroxylation sites is 1. The maximum absolute atomic E-state index is 12.9. The summed E-state index contributed by atoms with van der Waals surface area (Å²) in [6.45, 7) is 2.43. The van der Waals surface area contributed by atoms with Gasteiger partial charge in [-0.3, -0.25) is 0 Å². The fourth-order valence-corrected chi connectivity index (χ4v) is 2.83. The smallest absolute Gasteiger partial charge is 0.387 e. The van der Waals surface area contributed by atoms with Gasteiger partial charge in [0.25, 0.3) is 0 Å². The molecule has 1 heterocycles. The van der Waals surface area contributed by atoms with Crippen molar-refractivity contribution in [1.29, 1.82) is 0 Å². The summed E-state index contributed by atoms with van der Waals surface area (Å²) in [5.41, 5.74) is 1.52. The molecule has 0 fully saturated rings. The lowest BCUT2D eigenvalue weighted by Gasteiger charge is -2.18. The number of hydrogen-bond acceptors (Lipinski definition) is 5. The second kappa shape index (κ2) is 13.8. The van der Waals surface area contributed by atoms with E-state index in [-0.39, 0.29) is 42.0 Å². The maximum atomic E-state index is 12.9. The highest BCUT2D eigenvalue weighted by molar-refractivity contribution is 14.0. The fourth-order valence-electron chi connectivity index (χ4n) is 2.83. The number of pyridine rings is 1. The topological polar surface area (TPSA) is 71.0 Å². The van der Waals surface area contributed by atoms with Gasteiger partial charge in [0.2, 0.25) is 0 Å². The summed E-state index contributed by atoms with van der Waals surface area (Å²) >= 11 is 0. The first-order valence-electron chi connectivity index (χ1n) is 9.79. The van der Waals surface area contributed by atoms with Gasteiger partial charge >= 0.3 is 6.61 Å². The molecule has 2 N–H and O–H groups in total. The highest BCUT2D eigenvalue weighted by Gasteiger charge is 2.16. The van der Waals surface area contributed by atoms with Crippen LogP contribution in [-0.4, -0.2) is 44.8 Å². The van der Waals surface area contributed by atoms with Crippen molar-refractivity contribution in [2.24, 2.45) is 4.99 Å². The number of alkyl halides is 2. The molecule has 2 aromatic rings. The molecule has 0 aliphatic carbocycles.